The van der Waals surface area contributed by atoms with Crippen molar-refractivity contribution in [3.63, 3.8) is 0 Å². The summed E-state index contributed by atoms with van der Waals surface area (Å²) < 4.78 is 1.71. The number of hydrogen-bond acceptors (Lipinski definition) is 4. The van der Waals surface area contributed by atoms with E-state index in [1.165, 1.54) is 4.57 Å². The highest BCUT2D eigenvalue weighted by atomic mass is 32.1. The van der Waals surface area contributed by atoms with E-state index in [1.54, 1.807) is 24.3 Å². The Bertz CT molecular complexity index is 1020. The molecule has 2 heterocycles. The Hall–Kier alpha value is -2.80. The Morgan fingerprint density at radius 1 is 1.25 bits per heavy atom. The van der Waals surface area contributed by atoms with E-state index in [0.29, 0.717) is 21.5 Å². The molecule has 0 fully saturated rings. The summed E-state index contributed by atoms with van der Waals surface area (Å²) in [5.41, 5.74) is 1.31. The van der Waals surface area contributed by atoms with Crippen molar-refractivity contribution in [3.8, 4) is 0 Å². The first-order valence-corrected chi connectivity index (χ1v) is 7.91. The summed E-state index contributed by atoms with van der Waals surface area (Å²) in [4.78, 5) is 31.8. The Kier molecular flexibility index (Phi) is 4.52. The maximum Gasteiger partial charge on any atom is 0.262 e. The number of para-hydroxylation sites is 1. The Labute approximate surface area is 143 Å². The normalized spacial score (nSPS) is 10.7. The fraction of sp³-hybridized carbons (Fsp3) is 0.176. The number of amides is 1. The molecular weight excluding hydrogens is 324 g/mol. The van der Waals surface area contributed by atoms with Crippen molar-refractivity contribution in [2.45, 2.75) is 19.9 Å². The lowest BCUT2D eigenvalue weighted by molar-refractivity contribution is -0.116. The number of fused-ring (bicyclic) bond motifs is 1. The zero-order valence-electron chi connectivity index (χ0n) is 13.1. The predicted molar refractivity (Wildman–Crippen MR) is 95.6 cm³/mol. The lowest BCUT2D eigenvalue weighted by Crippen LogP contribution is -2.25. The van der Waals surface area contributed by atoms with Gasteiger partial charge in [-0.25, -0.2) is 4.98 Å². The average Bonchev–Trinajstić information content (AvgIpc) is 2.54. The van der Waals surface area contributed by atoms with E-state index in [4.69, 9.17) is 12.2 Å². The molecular formula is C17H16N4O2S. The van der Waals surface area contributed by atoms with Gasteiger partial charge in [0.1, 0.15) is 5.82 Å². The molecule has 24 heavy (non-hydrogen) atoms. The standard InChI is InChI=1S/C17H16N4O2S/c1-11-5-4-8-14(18-11)20-15(22)9-10-21-16(23)12-6-2-3-7-13(12)19-17(21)24/h2-8H,9-10H2,1H3,(H,19,24)(H,18,20,22). The molecule has 0 radical (unpaired) electrons. The molecule has 0 spiro atoms. The number of rotatable bonds is 4. The molecule has 0 saturated carbocycles. The molecule has 2 N–H and O–H groups in total. The van der Waals surface area contributed by atoms with E-state index in [0.717, 1.165) is 5.69 Å². The van der Waals surface area contributed by atoms with Crippen LogP contribution in [0.3, 0.4) is 0 Å². The molecule has 1 aromatic carbocycles. The first-order chi connectivity index (χ1) is 11.5. The molecule has 0 atom stereocenters. The number of carbonyl (C=O) groups is 1. The fourth-order valence-corrected chi connectivity index (χ4v) is 2.72. The van der Waals surface area contributed by atoms with Gasteiger partial charge in [-0.3, -0.25) is 14.2 Å². The van der Waals surface area contributed by atoms with Gasteiger partial charge >= 0.3 is 0 Å². The number of H-pyrrole nitrogens is 1. The van der Waals surface area contributed by atoms with Crippen LogP contribution in [0.5, 0.6) is 0 Å². The molecule has 0 aliphatic carbocycles. The van der Waals surface area contributed by atoms with E-state index >= 15 is 0 Å². The third-order valence-corrected chi connectivity index (χ3v) is 3.93. The monoisotopic (exact) mass is 340 g/mol. The number of nitrogens with zero attached hydrogens (tertiary/aromatic N) is 2. The molecule has 2 aromatic heterocycles. The van der Waals surface area contributed by atoms with Crippen LogP contribution in [0.1, 0.15) is 12.1 Å². The Balaban J connectivity index is 1.77. The molecule has 1 amide bonds. The minimum Gasteiger partial charge on any atom is -0.332 e. The van der Waals surface area contributed by atoms with E-state index in [1.807, 2.05) is 25.1 Å². The predicted octanol–water partition coefficient (Wildman–Crippen LogP) is 2.79. The number of anilines is 1. The van der Waals surface area contributed by atoms with Crippen LogP contribution in [0, 0.1) is 11.7 Å². The molecule has 0 saturated heterocycles. The van der Waals surface area contributed by atoms with E-state index < -0.39 is 0 Å². The first-order valence-electron chi connectivity index (χ1n) is 7.50. The second kappa shape index (κ2) is 6.76. The van der Waals surface area contributed by atoms with Gasteiger partial charge in [-0.2, -0.15) is 0 Å². The van der Waals surface area contributed by atoms with Crippen LogP contribution in [0.15, 0.2) is 47.3 Å². The van der Waals surface area contributed by atoms with Gasteiger partial charge < -0.3 is 10.3 Å². The number of aromatic amines is 1. The Morgan fingerprint density at radius 2 is 2.04 bits per heavy atom. The second-order valence-corrected chi connectivity index (χ2v) is 5.78. The van der Waals surface area contributed by atoms with Gasteiger partial charge in [0.15, 0.2) is 4.77 Å². The van der Waals surface area contributed by atoms with Gasteiger partial charge in [-0.05, 0) is 43.4 Å². The van der Waals surface area contributed by atoms with E-state index in [2.05, 4.69) is 15.3 Å². The van der Waals surface area contributed by atoms with Gasteiger partial charge in [0.25, 0.3) is 5.56 Å². The Morgan fingerprint density at radius 3 is 2.83 bits per heavy atom. The highest BCUT2D eigenvalue weighted by molar-refractivity contribution is 7.71. The highest BCUT2D eigenvalue weighted by Crippen LogP contribution is 2.07. The SMILES string of the molecule is Cc1cccc(NC(=O)CCn2c(=S)[nH]c3ccccc3c2=O)n1. The van der Waals surface area contributed by atoms with E-state index in [-0.39, 0.29) is 24.4 Å². The van der Waals surface area contributed by atoms with Crippen LogP contribution in [0.2, 0.25) is 0 Å². The molecule has 0 unspecified atom stereocenters. The van der Waals surface area contributed by atoms with Crippen LogP contribution < -0.4 is 10.9 Å². The van der Waals surface area contributed by atoms with Crippen LogP contribution in [0.25, 0.3) is 10.9 Å². The third kappa shape index (κ3) is 3.41. The number of carbonyl (C=O) groups excluding carboxylic acids is 1. The number of pyridine rings is 1. The quantitative estimate of drug-likeness (QED) is 0.716. The second-order valence-electron chi connectivity index (χ2n) is 5.39. The van der Waals surface area contributed by atoms with Crippen LogP contribution in [-0.4, -0.2) is 20.4 Å². The zero-order valence-corrected chi connectivity index (χ0v) is 13.9. The van der Waals surface area contributed by atoms with Crippen molar-refractivity contribution in [2.75, 3.05) is 5.32 Å². The zero-order chi connectivity index (χ0) is 17.1. The fourth-order valence-electron chi connectivity index (χ4n) is 2.43. The minimum atomic E-state index is -0.220. The van der Waals surface area contributed by atoms with Crippen molar-refractivity contribution in [1.29, 1.82) is 0 Å². The highest BCUT2D eigenvalue weighted by Gasteiger charge is 2.08. The molecule has 122 valence electrons. The van der Waals surface area contributed by atoms with Crippen molar-refractivity contribution in [3.05, 3.63) is 63.3 Å². The van der Waals surface area contributed by atoms with Gasteiger partial charge in [0.05, 0.1) is 10.9 Å². The third-order valence-electron chi connectivity index (χ3n) is 3.61. The molecule has 7 heteroatoms. The van der Waals surface area contributed by atoms with Crippen LogP contribution >= 0.6 is 12.2 Å². The number of benzene rings is 1. The summed E-state index contributed by atoms with van der Waals surface area (Å²) in [5, 5.41) is 3.27. The lowest BCUT2D eigenvalue weighted by atomic mass is 10.2. The molecule has 0 bridgehead atoms. The number of aryl methyl sites for hydroxylation is 1. The lowest BCUT2D eigenvalue weighted by Gasteiger charge is -2.08. The first kappa shape index (κ1) is 16.1. The summed E-state index contributed by atoms with van der Waals surface area (Å²) in [7, 11) is 0. The van der Waals surface area contributed by atoms with Gasteiger partial charge in [-0.15, -0.1) is 0 Å². The van der Waals surface area contributed by atoms with Crippen LogP contribution in [-0.2, 0) is 11.3 Å². The number of hydrogen-bond donors (Lipinski definition) is 2. The van der Waals surface area contributed by atoms with Gasteiger partial charge in [0.2, 0.25) is 5.91 Å². The van der Waals surface area contributed by atoms with Crippen molar-refractivity contribution in [1.82, 2.24) is 14.5 Å². The average molecular weight is 340 g/mol. The largest absolute Gasteiger partial charge is 0.332 e. The van der Waals surface area contributed by atoms with Crippen molar-refractivity contribution >= 4 is 34.8 Å². The summed E-state index contributed by atoms with van der Waals surface area (Å²) in [6.07, 6.45) is 0.130. The smallest absolute Gasteiger partial charge is 0.262 e. The van der Waals surface area contributed by atoms with Crippen LogP contribution in [0.4, 0.5) is 5.82 Å². The molecule has 0 aliphatic rings. The van der Waals surface area contributed by atoms with Crippen molar-refractivity contribution in [2.24, 2.45) is 0 Å². The summed E-state index contributed by atoms with van der Waals surface area (Å²) in [6, 6.07) is 12.6. The summed E-state index contributed by atoms with van der Waals surface area (Å²) >= 11 is 5.23. The van der Waals surface area contributed by atoms with Crippen molar-refractivity contribution < 1.29 is 4.79 Å². The number of aromatic nitrogens is 3. The molecule has 3 aromatic rings. The topological polar surface area (TPSA) is 79.8 Å². The minimum absolute atomic E-state index is 0.130. The summed E-state index contributed by atoms with van der Waals surface area (Å²) in [5.74, 6) is 0.276. The molecule has 3 rings (SSSR count). The van der Waals surface area contributed by atoms with Gasteiger partial charge in [0, 0.05) is 18.7 Å². The number of nitrogens with one attached hydrogen (secondary N) is 2. The van der Waals surface area contributed by atoms with E-state index in [9.17, 15) is 9.59 Å². The summed E-state index contributed by atoms with van der Waals surface area (Å²) in [6.45, 7) is 2.06. The molecule has 6 nitrogen and oxygen atoms in total. The molecule has 0 aliphatic heterocycles. The maximum atomic E-state index is 12.5. The van der Waals surface area contributed by atoms with Gasteiger partial charge in [-0.1, -0.05) is 18.2 Å². The maximum absolute atomic E-state index is 12.5.